The maximum absolute atomic E-state index is 12.7. The Labute approximate surface area is 134 Å². The third-order valence-electron chi connectivity index (χ3n) is 4.09. The molecule has 1 aliphatic rings. The highest BCUT2D eigenvalue weighted by Gasteiger charge is 2.38. The van der Waals surface area contributed by atoms with Crippen LogP contribution in [0.25, 0.3) is 0 Å². The highest BCUT2D eigenvalue weighted by molar-refractivity contribution is 7.89. The van der Waals surface area contributed by atoms with E-state index in [1.54, 1.807) is 10.6 Å². The summed E-state index contributed by atoms with van der Waals surface area (Å²) in [6.07, 6.45) is 3.95. The first-order valence-corrected chi connectivity index (χ1v) is 9.66. The van der Waals surface area contributed by atoms with Crippen molar-refractivity contribution in [3.8, 4) is 0 Å². The molecule has 1 saturated heterocycles. The molecule has 0 bridgehead atoms. The molecule has 0 saturated carbocycles. The van der Waals surface area contributed by atoms with E-state index < -0.39 is 10.0 Å². The normalized spacial score (nSPS) is 20.9. The van der Waals surface area contributed by atoms with Gasteiger partial charge in [0.1, 0.15) is 12.3 Å². The molecule has 6 heteroatoms. The molecule has 2 rings (SSSR count). The van der Waals surface area contributed by atoms with Crippen LogP contribution in [0, 0.1) is 5.41 Å². The van der Waals surface area contributed by atoms with Gasteiger partial charge in [0.05, 0.1) is 11.4 Å². The molecule has 1 aromatic rings. The SMILES string of the molecule is CC(C)c1coc([C@@H]2CCCN2S(=O)(=O)CCC(C)(C)C)n1. The summed E-state index contributed by atoms with van der Waals surface area (Å²) >= 11 is 0. The van der Waals surface area contributed by atoms with Gasteiger partial charge in [0.15, 0.2) is 0 Å². The van der Waals surface area contributed by atoms with Crippen LogP contribution in [0.5, 0.6) is 0 Å². The molecule has 0 spiro atoms. The Hall–Kier alpha value is -0.880. The van der Waals surface area contributed by atoms with Crippen molar-refractivity contribution in [2.24, 2.45) is 5.41 Å². The van der Waals surface area contributed by atoms with Gasteiger partial charge in [0, 0.05) is 6.54 Å². The molecule has 0 unspecified atom stereocenters. The van der Waals surface area contributed by atoms with Crippen molar-refractivity contribution in [1.82, 2.24) is 9.29 Å². The van der Waals surface area contributed by atoms with Gasteiger partial charge < -0.3 is 4.42 Å². The third kappa shape index (κ3) is 4.10. The Morgan fingerprint density at radius 1 is 1.41 bits per heavy atom. The molecule has 0 N–H and O–H groups in total. The molecule has 2 heterocycles. The van der Waals surface area contributed by atoms with Crippen molar-refractivity contribution in [3.63, 3.8) is 0 Å². The van der Waals surface area contributed by atoms with Crippen molar-refractivity contribution < 1.29 is 12.8 Å². The van der Waals surface area contributed by atoms with Gasteiger partial charge in [0.2, 0.25) is 15.9 Å². The predicted molar refractivity (Wildman–Crippen MR) is 87.1 cm³/mol. The Bertz CT molecular complexity index is 599. The summed E-state index contributed by atoms with van der Waals surface area (Å²) < 4.78 is 32.5. The first-order valence-electron chi connectivity index (χ1n) is 8.05. The molecule has 1 fully saturated rings. The van der Waals surface area contributed by atoms with E-state index in [4.69, 9.17) is 4.42 Å². The molecule has 5 nitrogen and oxygen atoms in total. The molecular weight excluding hydrogens is 300 g/mol. The van der Waals surface area contributed by atoms with Gasteiger partial charge in [-0.15, -0.1) is 0 Å². The molecule has 126 valence electrons. The van der Waals surface area contributed by atoms with Gasteiger partial charge in [0.25, 0.3) is 0 Å². The van der Waals surface area contributed by atoms with E-state index in [9.17, 15) is 8.42 Å². The average Bonchev–Trinajstić information content (AvgIpc) is 3.04. The first-order chi connectivity index (χ1) is 10.1. The minimum Gasteiger partial charge on any atom is -0.447 e. The summed E-state index contributed by atoms with van der Waals surface area (Å²) in [5.74, 6) is 1.01. The van der Waals surface area contributed by atoms with Gasteiger partial charge in [-0.1, -0.05) is 34.6 Å². The van der Waals surface area contributed by atoms with Crippen LogP contribution in [0.15, 0.2) is 10.7 Å². The van der Waals surface area contributed by atoms with E-state index in [2.05, 4.69) is 25.8 Å². The smallest absolute Gasteiger partial charge is 0.214 e. The first kappa shape index (κ1) is 17.5. The highest BCUT2D eigenvalue weighted by atomic mass is 32.2. The van der Waals surface area contributed by atoms with Gasteiger partial charge in [-0.2, -0.15) is 4.31 Å². The van der Waals surface area contributed by atoms with Crippen LogP contribution in [0.2, 0.25) is 0 Å². The van der Waals surface area contributed by atoms with Gasteiger partial charge in [-0.3, -0.25) is 0 Å². The number of rotatable bonds is 5. The lowest BCUT2D eigenvalue weighted by molar-refractivity contribution is 0.324. The van der Waals surface area contributed by atoms with E-state index in [0.717, 1.165) is 18.5 Å². The number of oxazole rings is 1. The Balaban J connectivity index is 2.15. The molecule has 0 radical (unpaired) electrons. The van der Waals surface area contributed by atoms with Crippen LogP contribution in [0.4, 0.5) is 0 Å². The average molecular weight is 328 g/mol. The topological polar surface area (TPSA) is 63.4 Å². The van der Waals surface area contributed by atoms with E-state index in [1.165, 1.54) is 0 Å². The van der Waals surface area contributed by atoms with Gasteiger partial charge >= 0.3 is 0 Å². The van der Waals surface area contributed by atoms with Crippen LogP contribution in [0.1, 0.15) is 77.4 Å². The number of hydrogen-bond acceptors (Lipinski definition) is 4. The number of aromatic nitrogens is 1. The maximum Gasteiger partial charge on any atom is 0.214 e. The second-order valence-corrected chi connectivity index (χ2v) is 9.70. The van der Waals surface area contributed by atoms with Crippen molar-refractivity contribution in [2.75, 3.05) is 12.3 Å². The Morgan fingerprint density at radius 3 is 2.64 bits per heavy atom. The van der Waals surface area contributed by atoms with E-state index in [0.29, 0.717) is 18.9 Å². The third-order valence-corrected chi connectivity index (χ3v) is 5.96. The van der Waals surface area contributed by atoms with Gasteiger partial charge in [-0.25, -0.2) is 13.4 Å². The lowest BCUT2D eigenvalue weighted by atomic mass is 9.94. The predicted octanol–water partition coefficient (Wildman–Crippen LogP) is 3.70. The molecular formula is C16H28N2O3S. The quantitative estimate of drug-likeness (QED) is 0.826. The lowest BCUT2D eigenvalue weighted by Gasteiger charge is -2.24. The van der Waals surface area contributed by atoms with Crippen LogP contribution in [-0.2, 0) is 10.0 Å². The fraction of sp³-hybridized carbons (Fsp3) is 0.812. The molecule has 0 aliphatic carbocycles. The maximum atomic E-state index is 12.7. The van der Waals surface area contributed by atoms with Crippen LogP contribution in [0.3, 0.4) is 0 Å². The summed E-state index contributed by atoms with van der Waals surface area (Å²) in [4.78, 5) is 4.49. The van der Waals surface area contributed by atoms with E-state index in [-0.39, 0.29) is 23.1 Å². The number of sulfonamides is 1. The van der Waals surface area contributed by atoms with Crippen molar-refractivity contribution in [3.05, 3.63) is 17.8 Å². The van der Waals surface area contributed by atoms with Crippen LogP contribution in [-0.4, -0.2) is 30.0 Å². The molecule has 0 aromatic carbocycles. The number of hydrogen-bond donors (Lipinski definition) is 0. The van der Waals surface area contributed by atoms with Crippen molar-refractivity contribution in [2.45, 2.75) is 65.8 Å². The zero-order valence-electron chi connectivity index (χ0n) is 14.3. The number of nitrogens with zero attached hydrogens (tertiary/aromatic N) is 2. The molecule has 0 amide bonds. The fourth-order valence-corrected chi connectivity index (χ4v) is 4.69. The second-order valence-electron chi connectivity index (χ2n) is 7.66. The highest BCUT2D eigenvalue weighted by Crippen LogP contribution is 2.35. The largest absolute Gasteiger partial charge is 0.447 e. The molecule has 1 atom stereocenters. The molecule has 1 aliphatic heterocycles. The van der Waals surface area contributed by atoms with E-state index in [1.807, 2.05) is 13.8 Å². The summed E-state index contributed by atoms with van der Waals surface area (Å²) in [5.41, 5.74) is 0.893. The zero-order valence-corrected chi connectivity index (χ0v) is 15.1. The minimum atomic E-state index is -3.27. The van der Waals surface area contributed by atoms with Crippen LogP contribution < -0.4 is 0 Å². The monoisotopic (exact) mass is 328 g/mol. The van der Waals surface area contributed by atoms with E-state index >= 15 is 0 Å². The Morgan fingerprint density at radius 2 is 2.09 bits per heavy atom. The molecule has 22 heavy (non-hydrogen) atoms. The standard InChI is InChI=1S/C16H28N2O3S/c1-12(2)13-11-21-15(17-13)14-7-6-9-18(14)22(19,20)10-8-16(3,4)5/h11-12,14H,6-10H2,1-5H3/t14-/m0/s1. The second kappa shape index (κ2) is 6.32. The zero-order chi connectivity index (χ0) is 16.5. The van der Waals surface area contributed by atoms with Crippen LogP contribution >= 0.6 is 0 Å². The van der Waals surface area contributed by atoms with Gasteiger partial charge in [-0.05, 0) is 30.6 Å². The van der Waals surface area contributed by atoms with Crippen molar-refractivity contribution >= 4 is 10.0 Å². The Kier molecular flexibility index (Phi) is 5.02. The molecule has 1 aromatic heterocycles. The summed E-state index contributed by atoms with van der Waals surface area (Å²) in [5, 5.41) is 0. The minimum absolute atomic E-state index is 0.00996. The lowest BCUT2D eigenvalue weighted by Crippen LogP contribution is -2.34. The van der Waals surface area contributed by atoms with Crippen molar-refractivity contribution in [1.29, 1.82) is 0 Å². The summed E-state index contributed by atoms with van der Waals surface area (Å²) in [6, 6.07) is -0.238. The summed E-state index contributed by atoms with van der Waals surface area (Å²) in [7, 11) is -3.27. The summed E-state index contributed by atoms with van der Waals surface area (Å²) in [6.45, 7) is 10.9. The fourth-order valence-electron chi connectivity index (χ4n) is 2.59.